The average molecular weight is 269 g/mol. The van der Waals surface area contributed by atoms with E-state index in [0.29, 0.717) is 5.56 Å². The monoisotopic (exact) mass is 269 g/mol. The van der Waals surface area contributed by atoms with E-state index < -0.39 is 11.6 Å². The molecule has 1 fully saturated rings. The molecular formula is C14H13N4O2. The Morgan fingerprint density at radius 3 is 2.80 bits per heavy atom. The Kier molecular flexibility index (Phi) is 2.60. The topological polar surface area (TPSA) is 76.0 Å². The maximum atomic E-state index is 11.9. The Hall–Kier alpha value is -2.63. The highest BCUT2D eigenvalue weighted by Crippen LogP contribution is 2.27. The summed E-state index contributed by atoms with van der Waals surface area (Å²) in [6.07, 6.45) is 3.56. The van der Waals surface area contributed by atoms with E-state index in [1.165, 1.54) is 0 Å². The van der Waals surface area contributed by atoms with Crippen molar-refractivity contribution in [2.45, 2.75) is 12.5 Å². The zero-order chi connectivity index (χ0) is 14.3. The zero-order valence-corrected chi connectivity index (χ0v) is 11.1. The molecule has 1 aromatic heterocycles. The molecule has 2 aromatic rings. The molecule has 3 amide bonds. The van der Waals surface area contributed by atoms with E-state index in [1.54, 1.807) is 25.4 Å². The third kappa shape index (κ3) is 1.85. The maximum absolute atomic E-state index is 11.9. The van der Waals surface area contributed by atoms with Crippen molar-refractivity contribution in [2.24, 2.45) is 7.05 Å². The molecule has 20 heavy (non-hydrogen) atoms. The molecule has 1 aromatic carbocycles. The lowest BCUT2D eigenvalue weighted by molar-refractivity contribution is -0.123. The van der Waals surface area contributed by atoms with E-state index in [-0.39, 0.29) is 5.91 Å². The lowest BCUT2D eigenvalue weighted by atomic mass is 9.90. The van der Waals surface area contributed by atoms with E-state index in [9.17, 15) is 9.59 Å². The van der Waals surface area contributed by atoms with Crippen LogP contribution in [0.15, 0.2) is 30.7 Å². The largest absolute Gasteiger partial charge is 0.340 e. The van der Waals surface area contributed by atoms with Crippen LogP contribution in [0.5, 0.6) is 0 Å². The van der Waals surface area contributed by atoms with Gasteiger partial charge in [-0.25, -0.2) is 9.78 Å². The van der Waals surface area contributed by atoms with E-state index in [2.05, 4.69) is 21.7 Å². The van der Waals surface area contributed by atoms with Crippen LogP contribution in [0.1, 0.15) is 12.5 Å². The van der Waals surface area contributed by atoms with Gasteiger partial charge in [0.2, 0.25) is 0 Å². The molecule has 0 saturated carbocycles. The van der Waals surface area contributed by atoms with Gasteiger partial charge in [-0.2, -0.15) is 0 Å². The summed E-state index contributed by atoms with van der Waals surface area (Å²) in [5.74, 6) is -0.360. The number of nitrogens with zero attached hydrogens (tertiary/aromatic N) is 2. The predicted molar refractivity (Wildman–Crippen MR) is 71.5 cm³/mol. The van der Waals surface area contributed by atoms with Crippen molar-refractivity contribution in [3.63, 3.8) is 0 Å². The summed E-state index contributed by atoms with van der Waals surface area (Å²) in [5, 5.41) is 4.89. The van der Waals surface area contributed by atoms with Gasteiger partial charge < -0.3 is 9.88 Å². The molecule has 0 aliphatic carbocycles. The molecule has 101 valence electrons. The molecular weight excluding hydrogens is 256 g/mol. The second kappa shape index (κ2) is 4.19. The first-order chi connectivity index (χ1) is 9.49. The first-order valence-electron chi connectivity index (χ1n) is 6.13. The molecule has 1 saturated heterocycles. The molecule has 6 heteroatoms. The summed E-state index contributed by atoms with van der Waals surface area (Å²) in [6.45, 7) is 1.67. The summed E-state index contributed by atoms with van der Waals surface area (Å²) in [4.78, 5) is 27.5. The number of imidazole rings is 1. The van der Waals surface area contributed by atoms with E-state index in [0.717, 1.165) is 11.3 Å². The molecule has 1 unspecified atom stereocenters. The number of benzene rings is 1. The molecule has 6 nitrogen and oxygen atoms in total. The first kappa shape index (κ1) is 12.4. The number of rotatable bonds is 2. The van der Waals surface area contributed by atoms with Gasteiger partial charge in [0.05, 0.1) is 12.0 Å². The van der Waals surface area contributed by atoms with Crippen LogP contribution in [0.3, 0.4) is 0 Å². The molecule has 1 radical (unpaired) electrons. The first-order valence-corrected chi connectivity index (χ1v) is 6.13. The Balaban J connectivity index is 2.04. The highest BCUT2D eigenvalue weighted by molar-refractivity contribution is 6.07. The molecule has 1 aliphatic rings. The van der Waals surface area contributed by atoms with E-state index in [4.69, 9.17) is 0 Å². The fourth-order valence-electron chi connectivity index (χ4n) is 2.22. The summed E-state index contributed by atoms with van der Waals surface area (Å²) >= 11 is 0. The quantitative estimate of drug-likeness (QED) is 0.797. The van der Waals surface area contributed by atoms with Gasteiger partial charge in [0, 0.05) is 18.8 Å². The number of aryl methyl sites for hydroxylation is 1. The molecule has 2 N–H and O–H groups in total. The third-order valence-electron chi connectivity index (χ3n) is 3.40. The number of amides is 3. The highest BCUT2D eigenvalue weighted by atomic mass is 16.2. The number of carbonyl (C=O) groups is 2. The van der Waals surface area contributed by atoms with Crippen LogP contribution in [0.2, 0.25) is 0 Å². The van der Waals surface area contributed by atoms with Crippen molar-refractivity contribution >= 4 is 11.9 Å². The van der Waals surface area contributed by atoms with Crippen molar-refractivity contribution in [2.75, 3.05) is 0 Å². The number of imide groups is 1. The van der Waals surface area contributed by atoms with Gasteiger partial charge in [-0.1, -0.05) is 12.1 Å². The molecule has 1 aliphatic heterocycles. The maximum Gasteiger partial charge on any atom is 0.322 e. The summed E-state index contributed by atoms with van der Waals surface area (Å²) in [6, 6.07) is 7.90. The minimum atomic E-state index is -1.06. The predicted octanol–water partition coefficient (Wildman–Crippen LogP) is 0.942. The second-order valence-corrected chi connectivity index (χ2v) is 4.95. The zero-order valence-electron chi connectivity index (χ0n) is 11.1. The van der Waals surface area contributed by atoms with Crippen LogP contribution >= 0.6 is 0 Å². The lowest BCUT2D eigenvalue weighted by Crippen LogP contribution is -2.40. The summed E-state index contributed by atoms with van der Waals surface area (Å²) in [5.41, 5.74) is 1.18. The minimum absolute atomic E-state index is 0.360. The van der Waals surface area contributed by atoms with Crippen LogP contribution in [0.25, 0.3) is 11.3 Å². The van der Waals surface area contributed by atoms with Crippen LogP contribution in [-0.4, -0.2) is 21.5 Å². The van der Waals surface area contributed by atoms with Gasteiger partial charge in [-0.3, -0.25) is 10.1 Å². The molecule has 0 bridgehead atoms. The number of carbonyl (C=O) groups excluding carboxylic acids is 2. The van der Waals surface area contributed by atoms with Crippen LogP contribution < -0.4 is 10.6 Å². The second-order valence-electron chi connectivity index (χ2n) is 4.95. The van der Waals surface area contributed by atoms with Crippen molar-refractivity contribution in [3.05, 3.63) is 42.4 Å². The number of urea groups is 1. The Labute approximate surface area is 115 Å². The van der Waals surface area contributed by atoms with Gasteiger partial charge in [0.25, 0.3) is 5.91 Å². The smallest absolute Gasteiger partial charge is 0.322 e. The van der Waals surface area contributed by atoms with E-state index >= 15 is 0 Å². The van der Waals surface area contributed by atoms with Crippen LogP contribution in [0.4, 0.5) is 4.79 Å². The van der Waals surface area contributed by atoms with Gasteiger partial charge in [0.15, 0.2) is 0 Å². The minimum Gasteiger partial charge on any atom is -0.340 e. The van der Waals surface area contributed by atoms with Gasteiger partial charge >= 0.3 is 6.03 Å². The number of hydrogen-bond acceptors (Lipinski definition) is 3. The van der Waals surface area contributed by atoms with Crippen molar-refractivity contribution < 1.29 is 9.59 Å². The fraction of sp³-hybridized carbons (Fsp3) is 0.214. The molecule has 2 heterocycles. The highest BCUT2D eigenvalue weighted by Gasteiger charge is 2.43. The average Bonchev–Trinajstić information content (AvgIpc) is 2.95. The van der Waals surface area contributed by atoms with Gasteiger partial charge in [-0.15, -0.1) is 0 Å². The molecule has 1 atom stereocenters. The number of nitrogens with one attached hydrogen (secondary N) is 2. The van der Waals surface area contributed by atoms with Crippen molar-refractivity contribution in [1.82, 2.24) is 20.2 Å². The number of hydrogen-bond donors (Lipinski definition) is 2. The SMILES string of the molecule is Cn1cnc(-c2[c]ccc(C3(C)NC(=O)NC3=O)c2)c1. The molecule has 0 spiro atoms. The normalized spacial score (nSPS) is 21.7. The van der Waals surface area contributed by atoms with Crippen molar-refractivity contribution in [1.29, 1.82) is 0 Å². The number of aromatic nitrogens is 2. The van der Waals surface area contributed by atoms with E-state index in [1.807, 2.05) is 23.9 Å². The fourth-order valence-corrected chi connectivity index (χ4v) is 2.22. The van der Waals surface area contributed by atoms with Gasteiger partial charge in [-0.05, 0) is 24.6 Å². The molecule has 3 rings (SSSR count). The summed E-state index contributed by atoms with van der Waals surface area (Å²) < 4.78 is 1.83. The van der Waals surface area contributed by atoms with Crippen LogP contribution in [0, 0.1) is 6.07 Å². The van der Waals surface area contributed by atoms with Crippen LogP contribution in [-0.2, 0) is 17.4 Å². The van der Waals surface area contributed by atoms with Gasteiger partial charge in [0.1, 0.15) is 5.54 Å². The van der Waals surface area contributed by atoms with Crippen molar-refractivity contribution in [3.8, 4) is 11.3 Å². The standard InChI is InChI=1S/C14H13N4O2/c1-14(12(19)16-13(20)17-14)10-5-3-4-9(6-10)11-7-18(2)8-15-11/h3,5-8H,1-2H3,(H2,16,17,19,20). The third-order valence-corrected chi connectivity index (χ3v) is 3.40. The Bertz CT molecular complexity index is 707. The Morgan fingerprint density at radius 1 is 1.40 bits per heavy atom. The summed E-state index contributed by atoms with van der Waals surface area (Å²) in [7, 11) is 1.88. The Morgan fingerprint density at radius 2 is 2.20 bits per heavy atom. The lowest BCUT2D eigenvalue weighted by Gasteiger charge is -2.21.